The number of hydrogen-bond acceptors (Lipinski definition) is 6. The molecule has 1 aromatic carbocycles. The van der Waals surface area contributed by atoms with Crippen molar-refractivity contribution in [1.82, 2.24) is 10.0 Å². The summed E-state index contributed by atoms with van der Waals surface area (Å²) in [5.41, 5.74) is 0.254. The predicted octanol–water partition coefficient (Wildman–Crippen LogP) is 1.03. The van der Waals surface area contributed by atoms with Gasteiger partial charge in [-0.3, -0.25) is 4.79 Å². The monoisotopic (exact) mass is 385 g/mol. The second-order valence-electron chi connectivity index (χ2n) is 6.89. The van der Waals surface area contributed by atoms with Crippen LogP contribution in [-0.4, -0.2) is 44.2 Å². The molecule has 0 aliphatic carbocycles. The number of hydrogen-bond donors (Lipinski definition) is 3. The van der Waals surface area contributed by atoms with Gasteiger partial charge in [0.1, 0.15) is 17.9 Å². The van der Waals surface area contributed by atoms with Gasteiger partial charge in [0.2, 0.25) is 0 Å². The van der Waals surface area contributed by atoms with E-state index in [1.165, 1.54) is 12.1 Å². The van der Waals surface area contributed by atoms with Crippen LogP contribution in [0, 0.1) is 0 Å². The Morgan fingerprint density at radius 3 is 2.62 bits per heavy atom. The van der Waals surface area contributed by atoms with Crippen LogP contribution in [0.1, 0.15) is 32.8 Å². The number of nitrogens with one attached hydrogen (secondary N) is 2. The van der Waals surface area contributed by atoms with Crippen molar-refractivity contribution in [3.05, 3.63) is 23.8 Å². The van der Waals surface area contributed by atoms with Crippen molar-refractivity contribution in [2.75, 3.05) is 17.4 Å². The standard InChI is InChI=1S/C16H23N3O6S/c1-16(2,3)25-15(22)17-8-4-5-11-6-7-12(13(20)9-11)19-10-14(21)18-26(19,23)24/h6-7,9,20H,4-5,8,10H2,1-3H3,(H,17,22)(H,18,21). The fraction of sp³-hybridized carbons (Fsp3) is 0.500. The lowest BCUT2D eigenvalue weighted by atomic mass is 10.1. The first-order chi connectivity index (χ1) is 12.0. The lowest BCUT2D eigenvalue weighted by Crippen LogP contribution is -2.33. The minimum Gasteiger partial charge on any atom is -0.506 e. The number of rotatable bonds is 5. The summed E-state index contributed by atoms with van der Waals surface area (Å²) in [6.45, 7) is 5.37. The Morgan fingerprint density at radius 2 is 2.08 bits per heavy atom. The van der Waals surface area contributed by atoms with Crippen molar-refractivity contribution in [3.8, 4) is 5.75 Å². The third kappa shape index (κ3) is 5.25. The average molecular weight is 385 g/mol. The van der Waals surface area contributed by atoms with Crippen molar-refractivity contribution >= 4 is 27.9 Å². The van der Waals surface area contributed by atoms with E-state index in [0.29, 0.717) is 19.4 Å². The Balaban J connectivity index is 1.90. The summed E-state index contributed by atoms with van der Waals surface area (Å²) in [6.07, 6.45) is 0.681. The molecule has 0 bridgehead atoms. The Kier molecular flexibility index (Phi) is 5.65. The number of nitrogens with zero attached hydrogens (tertiary/aromatic N) is 1. The highest BCUT2D eigenvalue weighted by atomic mass is 32.2. The van der Waals surface area contributed by atoms with Gasteiger partial charge in [-0.2, -0.15) is 8.42 Å². The molecule has 3 N–H and O–H groups in total. The molecule has 0 saturated carbocycles. The van der Waals surface area contributed by atoms with Crippen LogP contribution in [-0.2, 0) is 26.2 Å². The van der Waals surface area contributed by atoms with Gasteiger partial charge in [0.05, 0.1) is 5.69 Å². The van der Waals surface area contributed by atoms with E-state index in [0.717, 1.165) is 9.87 Å². The fourth-order valence-electron chi connectivity index (χ4n) is 2.39. The number of benzene rings is 1. The molecule has 1 aromatic rings. The number of aromatic hydroxyl groups is 1. The van der Waals surface area contributed by atoms with Gasteiger partial charge in [-0.15, -0.1) is 0 Å². The highest BCUT2D eigenvalue weighted by Gasteiger charge is 2.35. The van der Waals surface area contributed by atoms with Crippen molar-refractivity contribution in [2.45, 2.75) is 39.2 Å². The van der Waals surface area contributed by atoms with Crippen LogP contribution in [0.15, 0.2) is 18.2 Å². The van der Waals surface area contributed by atoms with E-state index in [2.05, 4.69) is 5.32 Å². The molecule has 0 radical (unpaired) electrons. The summed E-state index contributed by atoms with van der Waals surface area (Å²) >= 11 is 0. The van der Waals surface area contributed by atoms with Gasteiger partial charge in [-0.1, -0.05) is 6.07 Å². The van der Waals surface area contributed by atoms with E-state index >= 15 is 0 Å². The van der Waals surface area contributed by atoms with Crippen molar-refractivity contribution in [3.63, 3.8) is 0 Å². The molecule has 0 unspecified atom stereocenters. The zero-order valence-electron chi connectivity index (χ0n) is 14.9. The van der Waals surface area contributed by atoms with Crippen LogP contribution in [0.5, 0.6) is 5.75 Å². The number of phenolic OH excluding ortho intramolecular Hbond substituents is 1. The molecular formula is C16H23N3O6S. The first-order valence-electron chi connectivity index (χ1n) is 8.10. The summed E-state index contributed by atoms with van der Waals surface area (Å²) in [5, 5.41) is 12.7. The van der Waals surface area contributed by atoms with Gasteiger partial charge < -0.3 is 15.2 Å². The molecule has 9 nitrogen and oxygen atoms in total. The van der Waals surface area contributed by atoms with E-state index in [1.807, 2.05) is 4.72 Å². The fourth-order valence-corrected chi connectivity index (χ4v) is 3.56. The summed E-state index contributed by atoms with van der Waals surface area (Å²) in [7, 11) is -3.96. The summed E-state index contributed by atoms with van der Waals surface area (Å²) < 4.78 is 31.4. The Bertz CT molecular complexity index is 801. The maximum atomic E-state index is 11.8. The van der Waals surface area contributed by atoms with E-state index in [4.69, 9.17) is 4.74 Å². The molecule has 1 fully saturated rings. The van der Waals surface area contributed by atoms with Gasteiger partial charge in [-0.05, 0) is 51.3 Å². The topological polar surface area (TPSA) is 125 Å². The molecule has 2 rings (SSSR count). The molecule has 0 spiro atoms. The number of carbonyl (C=O) groups excluding carboxylic acids is 2. The molecule has 2 amide bonds. The third-order valence-electron chi connectivity index (χ3n) is 3.44. The average Bonchev–Trinajstić information content (AvgIpc) is 2.74. The first-order valence-corrected chi connectivity index (χ1v) is 9.54. The minimum absolute atomic E-state index is 0.0407. The Morgan fingerprint density at radius 1 is 1.38 bits per heavy atom. The number of carbonyl (C=O) groups is 2. The van der Waals surface area contributed by atoms with Crippen LogP contribution >= 0.6 is 0 Å². The third-order valence-corrected chi connectivity index (χ3v) is 4.83. The van der Waals surface area contributed by atoms with E-state index in [1.54, 1.807) is 26.8 Å². The van der Waals surface area contributed by atoms with Crippen LogP contribution in [0.4, 0.5) is 10.5 Å². The maximum Gasteiger partial charge on any atom is 0.407 e. The van der Waals surface area contributed by atoms with Gasteiger partial charge in [0.25, 0.3) is 5.91 Å². The van der Waals surface area contributed by atoms with Crippen LogP contribution in [0.2, 0.25) is 0 Å². The summed E-state index contributed by atoms with van der Waals surface area (Å²) in [6, 6.07) is 4.56. The minimum atomic E-state index is -3.96. The van der Waals surface area contributed by atoms with Crippen molar-refractivity contribution in [2.24, 2.45) is 0 Å². The van der Waals surface area contributed by atoms with Crippen LogP contribution in [0.25, 0.3) is 0 Å². The maximum absolute atomic E-state index is 11.8. The summed E-state index contributed by atoms with van der Waals surface area (Å²) in [4.78, 5) is 22.8. The quantitative estimate of drug-likeness (QED) is 0.650. The van der Waals surface area contributed by atoms with Gasteiger partial charge in [0, 0.05) is 6.54 Å². The number of aryl methyl sites for hydroxylation is 1. The molecule has 1 saturated heterocycles. The van der Waals surface area contributed by atoms with E-state index in [-0.39, 0.29) is 18.0 Å². The lowest BCUT2D eigenvalue weighted by Gasteiger charge is -2.19. The Hall–Kier alpha value is -2.49. The van der Waals surface area contributed by atoms with E-state index in [9.17, 15) is 23.1 Å². The molecule has 0 aromatic heterocycles. The smallest absolute Gasteiger partial charge is 0.407 e. The number of amides is 2. The van der Waals surface area contributed by atoms with Crippen LogP contribution < -0.4 is 14.3 Å². The van der Waals surface area contributed by atoms with E-state index < -0.39 is 27.8 Å². The largest absolute Gasteiger partial charge is 0.506 e. The number of alkyl carbamates (subject to hydrolysis) is 1. The summed E-state index contributed by atoms with van der Waals surface area (Å²) in [5.74, 6) is -0.885. The van der Waals surface area contributed by atoms with Crippen molar-refractivity contribution in [1.29, 1.82) is 0 Å². The SMILES string of the molecule is CC(C)(C)OC(=O)NCCCc1ccc(N2CC(=O)NS2(=O)=O)c(O)c1. The second-order valence-corrected chi connectivity index (χ2v) is 8.49. The number of phenols is 1. The molecule has 10 heteroatoms. The zero-order chi connectivity index (χ0) is 19.5. The molecule has 1 aliphatic rings. The van der Waals surface area contributed by atoms with Crippen LogP contribution in [0.3, 0.4) is 0 Å². The molecule has 144 valence electrons. The first kappa shape index (κ1) is 19.8. The van der Waals surface area contributed by atoms with Gasteiger partial charge in [-0.25, -0.2) is 13.8 Å². The molecule has 0 atom stereocenters. The van der Waals surface area contributed by atoms with Crippen molar-refractivity contribution < 1.29 is 27.9 Å². The number of anilines is 1. The second kappa shape index (κ2) is 7.40. The normalized spacial score (nSPS) is 16.3. The molecular weight excluding hydrogens is 362 g/mol. The zero-order valence-corrected chi connectivity index (χ0v) is 15.7. The molecule has 26 heavy (non-hydrogen) atoms. The lowest BCUT2D eigenvalue weighted by molar-refractivity contribution is -0.117. The molecule has 1 heterocycles. The highest BCUT2D eigenvalue weighted by Crippen LogP contribution is 2.31. The predicted molar refractivity (Wildman–Crippen MR) is 95.1 cm³/mol. The highest BCUT2D eigenvalue weighted by molar-refractivity contribution is 7.92. The van der Waals surface area contributed by atoms with Gasteiger partial charge >= 0.3 is 16.3 Å². The molecule has 1 aliphatic heterocycles. The Labute approximate surface area is 152 Å². The number of ether oxygens (including phenoxy) is 1. The van der Waals surface area contributed by atoms with Gasteiger partial charge in [0.15, 0.2) is 0 Å².